The second kappa shape index (κ2) is 9.09. The fraction of sp³-hybridized carbons (Fsp3) is 0.318. The van der Waals surface area contributed by atoms with E-state index >= 15 is 0 Å². The topological polar surface area (TPSA) is 71.3 Å². The van der Waals surface area contributed by atoms with E-state index in [4.69, 9.17) is 16.0 Å². The van der Waals surface area contributed by atoms with Gasteiger partial charge < -0.3 is 14.6 Å². The second-order valence-corrected chi connectivity index (χ2v) is 7.56. The van der Waals surface area contributed by atoms with E-state index in [0.717, 1.165) is 42.9 Å². The van der Waals surface area contributed by atoms with Crippen LogP contribution in [0.3, 0.4) is 0 Å². The quantitative estimate of drug-likeness (QED) is 0.622. The molecule has 3 aromatic rings. The van der Waals surface area contributed by atoms with Gasteiger partial charge in [0, 0.05) is 36.5 Å². The standard InChI is InChI=1S/C22H23ClN4O2/c23-17-9-10-19(27-13-5-2-6-14-27)18(15-17)24-20(28)11-12-21-25-26-22(29-21)16-7-3-1-4-8-16/h1,3-4,7-10,15H,2,5-6,11-14H2,(H,24,28). The number of carbonyl (C=O) groups is 1. The molecule has 1 saturated heterocycles. The average Bonchev–Trinajstić information content (AvgIpc) is 3.23. The SMILES string of the molecule is O=C(CCc1nnc(-c2ccccc2)o1)Nc1cc(Cl)ccc1N1CCCCC1. The van der Waals surface area contributed by atoms with Crippen molar-refractivity contribution < 1.29 is 9.21 Å². The highest BCUT2D eigenvalue weighted by Crippen LogP contribution is 2.31. The monoisotopic (exact) mass is 410 g/mol. The highest BCUT2D eigenvalue weighted by atomic mass is 35.5. The molecule has 0 spiro atoms. The highest BCUT2D eigenvalue weighted by molar-refractivity contribution is 6.31. The lowest BCUT2D eigenvalue weighted by atomic mass is 10.1. The van der Waals surface area contributed by atoms with Crippen molar-refractivity contribution in [3.63, 3.8) is 0 Å². The van der Waals surface area contributed by atoms with Gasteiger partial charge in [-0.15, -0.1) is 10.2 Å². The third-order valence-corrected chi connectivity index (χ3v) is 5.22. The largest absolute Gasteiger partial charge is 0.421 e. The first kappa shape index (κ1) is 19.5. The first-order valence-electron chi connectivity index (χ1n) is 9.91. The Bertz CT molecular complexity index is 968. The minimum Gasteiger partial charge on any atom is -0.421 e. The van der Waals surface area contributed by atoms with E-state index in [1.807, 2.05) is 48.5 Å². The lowest BCUT2D eigenvalue weighted by Gasteiger charge is -2.30. The van der Waals surface area contributed by atoms with E-state index in [0.29, 0.717) is 23.2 Å². The first-order chi connectivity index (χ1) is 14.2. The van der Waals surface area contributed by atoms with Crippen LogP contribution >= 0.6 is 11.6 Å². The van der Waals surface area contributed by atoms with Gasteiger partial charge in [-0.05, 0) is 49.6 Å². The summed E-state index contributed by atoms with van der Waals surface area (Å²) in [6.07, 6.45) is 4.21. The van der Waals surface area contributed by atoms with E-state index in [-0.39, 0.29) is 12.3 Å². The van der Waals surface area contributed by atoms with Crippen LogP contribution in [0.5, 0.6) is 0 Å². The Balaban J connectivity index is 1.39. The third kappa shape index (κ3) is 4.95. The predicted molar refractivity (Wildman–Crippen MR) is 114 cm³/mol. The van der Waals surface area contributed by atoms with Crippen LogP contribution in [-0.2, 0) is 11.2 Å². The molecule has 150 valence electrons. The van der Waals surface area contributed by atoms with E-state index in [1.165, 1.54) is 6.42 Å². The molecule has 4 rings (SSSR count). The number of hydrogen-bond acceptors (Lipinski definition) is 5. The maximum atomic E-state index is 12.5. The van der Waals surface area contributed by atoms with Crippen LogP contribution in [0.1, 0.15) is 31.6 Å². The van der Waals surface area contributed by atoms with Crippen LogP contribution in [0.15, 0.2) is 52.9 Å². The summed E-state index contributed by atoms with van der Waals surface area (Å²) in [6, 6.07) is 15.2. The zero-order chi connectivity index (χ0) is 20.1. The molecule has 1 aliphatic rings. The molecule has 0 atom stereocenters. The Morgan fingerprint density at radius 2 is 1.86 bits per heavy atom. The normalized spacial score (nSPS) is 14.0. The summed E-state index contributed by atoms with van der Waals surface area (Å²) < 4.78 is 5.68. The molecule has 0 aliphatic carbocycles. The second-order valence-electron chi connectivity index (χ2n) is 7.12. The Morgan fingerprint density at radius 1 is 1.07 bits per heavy atom. The van der Waals surface area contributed by atoms with E-state index in [1.54, 1.807) is 0 Å². The van der Waals surface area contributed by atoms with Crippen molar-refractivity contribution in [2.24, 2.45) is 0 Å². The maximum Gasteiger partial charge on any atom is 0.247 e. The van der Waals surface area contributed by atoms with Crippen LogP contribution in [0.25, 0.3) is 11.5 Å². The summed E-state index contributed by atoms with van der Waals surface area (Å²) in [6.45, 7) is 1.99. The smallest absolute Gasteiger partial charge is 0.247 e. The third-order valence-electron chi connectivity index (χ3n) is 4.98. The molecule has 1 amide bonds. The fourth-order valence-corrected chi connectivity index (χ4v) is 3.68. The summed E-state index contributed by atoms with van der Waals surface area (Å²) in [5.74, 6) is 0.801. The minimum atomic E-state index is -0.106. The zero-order valence-corrected chi connectivity index (χ0v) is 16.9. The lowest BCUT2D eigenvalue weighted by Crippen LogP contribution is -2.30. The number of piperidine rings is 1. The minimum absolute atomic E-state index is 0.106. The Hall–Kier alpha value is -2.86. The number of anilines is 2. The van der Waals surface area contributed by atoms with E-state index < -0.39 is 0 Å². The molecule has 2 heterocycles. The van der Waals surface area contributed by atoms with Crippen molar-refractivity contribution in [3.05, 3.63) is 59.4 Å². The molecule has 0 radical (unpaired) electrons. The van der Waals surface area contributed by atoms with Crippen LogP contribution < -0.4 is 10.2 Å². The molecule has 29 heavy (non-hydrogen) atoms. The van der Waals surface area contributed by atoms with Gasteiger partial charge >= 0.3 is 0 Å². The number of aromatic nitrogens is 2. The summed E-state index contributed by atoms with van der Waals surface area (Å²) in [7, 11) is 0. The van der Waals surface area contributed by atoms with Crippen LogP contribution in [0.2, 0.25) is 5.02 Å². The van der Waals surface area contributed by atoms with Crippen LogP contribution in [-0.4, -0.2) is 29.2 Å². The molecule has 1 aromatic heterocycles. The number of halogens is 1. The Kier molecular flexibility index (Phi) is 6.10. The highest BCUT2D eigenvalue weighted by Gasteiger charge is 2.17. The van der Waals surface area contributed by atoms with Crippen molar-refractivity contribution in [1.82, 2.24) is 10.2 Å². The van der Waals surface area contributed by atoms with Crippen molar-refractivity contribution in [2.75, 3.05) is 23.3 Å². The molecule has 0 saturated carbocycles. The number of rotatable bonds is 6. The van der Waals surface area contributed by atoms with Gasteiger partial charge in [-0.2, -0.15) is 0 Å². The molecule has 1 fully saturated rings. The van der Waals surface area contributed by atoms with E-state index in [9.17, 15) is 4.79 Å². The van der Waals surface area contributed by atoms with Gasteiger partial charge in [0.25, 0.3) is 0 Å². The number of nitrogens with zero attached hydrogens (tertiary/aromatic N) is 3. The molecular weight excluding hydrogens is 388 g/mol. The van der Waals surface area contributed by atoms with Crippen molar-refractivity contribution in [3.8, 4) is 11.5 Å². The maximum absolute atomic E-state index is 12.5. The Labute approximate surface area is 174 Å². The molecule has 6 nitrogen and oxygen atoms in total. The fourth-order valence-electron chi connectivity index (χ4n) is 3.50. The zero-order valence-electron chi connectivity index (χ0n) is 16.1. The lowest BCUT2D eigenvalue weighted by molar-refractivity contribution is -0.116. The molecular formula is C22H23ClN4O2. The van der Waals surface area contributed by atoms with E-state index in [2.05, 4.69) is 20.4 Å². The molecule has 1 aliphatic heterocycles. The van der Waals surface area contributed by atoms with Gasteiger partial charge in [0.2, 0.25) is 17.7 Å². The summed E-state index contributed by atoms with van der Waals surface area (Å²) in [4.78, 5) is 14.9. The summed E-state index contributed by atoms with van der Waals surface area (Å²) >= 11 is 6.17. The van der Waals surface area contributed by atoms with Gasteiger partial charge in [-0.25, -0.2) is 0 Å². The van der Waals surface area contributed by atoms with Gasteiger partial charge in [0.05, 0.1) is 11.4 Å². The number of benzene rings is 2. The first-order valence-corrected chi connectivity index (χ1v) is 10.3. The summed E-state index contributed by atoms with van der Waals surface area (Å²) in [5, 5.41) is 11.7. The number of carbonyl (C=O) groups excluding carboxylic acids is 1. The van der Waals surface area contributed by atoms with Crippen molar-refractivity contribution >= 4 is 28.9 Å². The number of amides is 1. The molecule has 7 heteroatoms. The number of hydrogen-bond donors (Lipinski definition) is 1. The van der Waals surface area contributed by atoms with Crippen LogP contribution in [0, 0.1) is 0 Å². The molecule has 2 aromatic carbocycles. The number of nitrogens with one attached hydrogen (secondary N) is 1. The van der Waals surface area contributed by atoms with Gasteiger partial charge in [-0.1, -0.05) is 29.8 Å². The van der Waals surface area contributed by atoms with Gasteiger partial charge in [-0.3, -0.25) is 4.79 Å². The van der Waals surface area contributed by atoms with Gasteiger partial charge in [0.15, 0.2) is 0 Å². The molecule has 1 N–H and O–H groups in total. The summed E-state index contributed by atoms with van der Waals surface area (Å²) in [5.41, 5.74) is 2.63. The number of aryl methyl sites for hydroxylation is 1. The molecule has 0 bridgehead atoms. The van der Waals surface area contributed by atoms with Crippen LogP contribution in [0.4, 0.5) is 11.4 Å². The van der Waals surface area contributed by atoms with Crippen molar-refractivity contribution in [1.29, 1.82) is 0 Å². The van der Waals surface area contributed by atoms with Crippen molar-refractivity contribution in [2.45, 2.75) is 32.1 Å². The molecule has 0 unspecified atom stereocenters. The average molecular weight is 411 g/mol. The van der Waals surface area contributed by atoms with Gasteiger partial charge in [0.1, 0.15) is 0 Å². The Morgan fingerprint density at radius 3 is 2.66 bits per heavy atom. The predicted octanol–water partition coefficient (Wildman–Crippen LogP) is 4.95.